The summed E-state index contributed by atoms with van der Waals surface area (Å²) in [5.74, 6) is 1.05. The summed E-state index contributed by atoms with van der Waals surface area (Å²) in [4.78, 5) is 14.5. The molecule has 7 nitrogen and oxygen atoms in total. The number of hydrogen-bond donors (Lipinski definition) is 0. The minimum Gasteiger partial charge on any atom is -0.479 e. The third-order valence-electron chi connectivity index (χ3n) is 2.73. The fraction of sp³-hybridized carbons (Fsp3) is 0.333. The van der Waals surface area contributed by atoms with Crippen LogP contribution in [0.1, 0.15) is 18.3 Å². The van der Waals surface area contributed by atoms with Crippen molar-refractivity contribution in [2.75, 3.05) is 0 Å². The van der Waals surface area contributed by atoms with Crippen molar-refractivity contribution in [1.82, 2.24) is 14.8 Å². The molecule has 0 aliphatic carbocycles. The van der Waals surface area contributed by atoms with Crippen molar-refractivity contribution in [3.05, 3.63) is 46.0 Å². The minimum atomic E-state index is -0.488. The lowest BCUT2D eigenvalue weighted by Crippen LogP contribution is -2.08. The fourth-order valence-electron chi connectivity index (χ4n) is 1.71. The highest BCUT2D eigenvalue weighted by molar-refractivity contribution is 6.17. The Morgan fingerprint density at radius 3 is 2.95 bits per heavy atom. The van der Waals surface area contributed by atoms with Crippen LogP contribution in [0.5, 0.6) is 5.75 Å². The number of benzene rings is 1. The van der Waals surface area contributed by atoms with Crippen LogP contribution in [-0.4, -0.2) is 19.7 Å². The van der Waals surface area contributed by atoms with E-state index in [1.807, 2.05) is 6.92 Å². The van der Waals surface area contributed by atoms with Gasteiger partial charge in [-0.15, -0.1) is 11.6 Å². The molecule has 106 valence electrons. The zero-order valence-corrected chi connectivity index (χ0v) is 11.6. The highest BCUT2D eigenvalue weighted by Crippen LogP contribution is 2.29. The Labute approximate surface area is 120 Å². The van der Waals surface area contributed by atoms with E-state index >= 15 is 0 Å². The van der Waals surface area contributed by atoms with E-state index < -0.39 is 4.92 Å². The van der Waals surface area contributed by atoms with E-state index in [1.54, 1.807) is 16.8 Å². The van der Waals surface area contributed by atoms with Crippen molar-refractivity contribution in [2.45, 2.75) is 26.0 Å². The molecule has 0 fully saturated rings. The maximum absolute atomic E-state index is 11.0. The number of hydrogen-bond acceptors (Lipinski definition) is 5. The van der Waals surface area contributed by atoms with Crippen LogP contribution in [0.3, 0.4) is 0 Å². The van der Waals surface area contributed by atoms with Crippen molar-refractivity contribution in [2.24, 2.45) is 0 Å². The maximum atomic E-state index is 11.0. The van der Waals surface area contributed by atoms with Gasteiger partial charge in [0.1, 0.15) is 12.9 Å². The van der Waals surface area contributed by atoms with Crippen molar-refractivity contribution in [1.29, 1.82) is 0 Å². The molecular weight excluding hydrogens is 284 g/mol. The normalized spacial score (nSPS) is 10.5. The molecule has 0 atom stereocenters. The first-order valence-corrected chi connectivity index (χ1v) is 6.52. The number of ether oxygens (including phenoxy) is 1. The second-order valence-corrected chi connectivity index (χ2v) is 4.24. The van der Waals surface area contributed by atoms with Crippen molar-refractivity contribution in [3.63, 3.8) is 0 Å². The van der Waals surface area contributed by atoms with Gasteiger partial charge in [-0.1, -0.05) is 6.07 Å². The van der Waals surface area contributed by atoms with Gasteiger partial charge in [-0.25, -0.2) is 9.67 Å². The molecule has 2 aromatic rings. The van der Waals surface area contributed by atoms with Gasteiger partial charge in [0, 0.05) is 18.5 Å². The monoisotopic (exact) mass is 296 g/mol. The number of nitro benzene ring substituents is 1. The lowest BCUT2D eigenvalue weighted by Gasteiger charge is -2.08. The smallest absolute Gasteiger partial charge is 0.310 e. The minimum absolute atomic E-state index is 0.0959. The van der Waals surface area contributed by atoms with E-state index in [2.05, 4.69) is 10.1 Å². The topological polar surface area (TPSA) is 83.1 Å². The molecular formula is C12H13ClN4O3. The first-order chi connectivity index (χ1) is 9.65. The molecule has 1 aromatic carbocycles. The molecule has 0 bridgehead atoms. The predicted molar refractivity (Wildman–Crippen MR) is 72.7 cm³/mol. The first-order valence-electron chi connectivity index (χ1n) is 5.98. The van der Waals surface area contributed by atoms with Gasteiger partial charge in [-0.3, -0.25) is 10.1 Å². The third-order valence-corrected chi connectivity index (χ3v) is 3.04. The zero-order valence-electron chi connectivity index (χ0n) is 10.8. The number of aryl methyl sites for hydroxylation is 1. The van der Waals surface area contributed by atoms with Crippen LogP contribution >= 0.6 is 11.6 Å². The number of aromatic nitrogens is 3. The van der Waals surface area contributed by atoms with Crippen LogP contribution < -0.4 is 4.74 Å². The molecule has 0 saturated heterocycles. The molecule has 0 radical (unpaired) electrons. The summed E-state index contributed by atoms with van der Waals surface area (Å²) in [5, 5.41) is 15.0. The van der Waals surface area contributed by atoms with Crippen LogP contribution in [0.2, 0.25) is 0 Å². The molecule has 0 unspecified atom stereocenters. The molecule has 0 N–H and O–H groups in total. The Hall–Kier alpha value is -2.15. The zero-order chi connectivity index (χ0) is 14.5. The van der Waals surface area contributed by atoms with Crippen LogP contribution in [0.4, 0.5) is 5.69 Å². The van der Waals surface area contributed by atoms with Crippen LogP contribution in [0.25, 0.3) is 0 Å². The fourth-order valence-corrected chi connectivity index (χ4v) is 1.88. The number of rotatable bonds is 6. The van der Waals surface area contributed by atoms with Gasteiger partial charge in [0.25, 0.3) is 0 Å². The highest BCUT2D eigenvalue weighted by Gasteiger charge is 2.16. The second-order valence-electron chi connectivity index (χ2n) is 3.97. The standard InChI is InChI=1S/C12H13ClN4O3/c1-2-16-12(14-8-15-16)7-20-11-5-9(6-13)3-4-10(11)17(18)19/h3-5,8H,2,6-7H2,1H3. The van der Waals surface area contributed by atoms with Crippen LogP contribution in [0.15, 0.2) is 24.5 Å². The summed E-state index contributed by atoms with van der Waals surface area (Å²) >= 11 is 5.73. The van der Waals surface area contributed by atoms with Crippen molar-refractivity contribution < 1.29 is 9.66 Å². The van der Waals surface area contributed by atoms with E-state index in [1.165, 1.54) is 12.4 Å². The number of nitro groups is 1. The van der Waals surface area contributed by atoms with E-state index in [-0.39, 0.29) is 23.9 Å². The molecule has 0 spiro atoms. The summed E-state index contributed by atoms with van der Waals surface area (Å²) in [7, 11) is 0. The summed E-state index contributed by atoms with van der Waals surface area (Å²) in [6.45, 7) is 2.69. The molecule has 1 heterocycles. The van der Waals surface area contributed by atoms with Gasteiger partial charge in [0.05, 0.1) is 4.92 Å². The summed E-state index contributed by atoms with van der Waals surface area (Å²) in [6, 6.07) is 4.56. The Morgan fingerprint density at radius 2 is 2.30 bits per heavy atom. The van der Waals surface area contributed by atoms with E-state index in [4.69, 9.17) is 16.3 Å². The summed E-state index contributed by atoms with van der Waals surface area (Å²) < 4.78 is 7.17. The number of alkyl halides is 1. The van der Waals surface area contributed by atoms with E-state index in [0.29, 0.717) is 12.4 Å². The van der Waals surface area contributed by atoms with Crippen LogP contribution in [-0.2, 0) is 19.0 Å². The molecule has 0 aliphatic rings. The molecule has 0 amide bonds. The second kappa shape index (κ2) is 6.33. The van der Waals surface area contributed by atoms with E-state index in [9.17, 15) is 10.1 Å². The molecule has 0 aliphatic heterocycles. The van der Waals surface area contributed by atoms with Gasteiger partial charge >= 0.3 is 5.69 Å². The molecule has 2 rings (SSSR count). The van der Waals surface area contributed by atoms with Gasteiger partial charge < -0.3 is 4.74 Å². The van der Waals surface area contributed by atoms with Crippen molar-refractivity contribution in [3.8, 4) is 5.75 Å². The van der Waals surface area contributed by atoms with E-state index in [0.717, 1.165) is 5.56 Å². The quantitative estimate of drug-likeness (QED) is 0.464. The van der Waals surface area contributed by atoms with Crippen LogP contribution in [0, 0.1) is 10.1 Å². The average Bonchev–Trinajstić information content (AvgIpc) is 2.91. The Kier molecular flexibility index (Phi) is 4.52. The largest absolute Gasteiger partial charge is 0.479 e. The van der Waals surface area contributed by atoms with Gasteiger partial charge in [-0.05, 0) is 18.6 Å². The van der Waals surface area contributed by atoms with Gasteiger partial charge in [0.15, 0.2) is 11.6 Å². The summed E-state index contributed by atoms with van der Waals surface area (Å²) in [6.07, 6.45) is 1.42. The average molecular weight is 297 g/mol. The number of halogens is 1. The highest BCUT2D eigenvalue weighted by atomic mass is 35.5. The van der Waals surface area contributed by atoms with Gasteiger partial charge in [-0.2, -0.15) is 5.10 Å². The molecule has 1 aromatic heterocycles. The van der Waals surface area contributed by atoms with Crippen molar-refractivity contribution >= 4 is 17.3 Å². The SMILES string of the molecule is CCn1ncnc1COc1cc(CCl)ccc1[N+](=O)[O-]. The predicted octanol–water partition coefficient (Wildman–Crippen LogP) is 2.52. The summed E-state index contributed by atoms with van der Waals surface area (Å²) in [5.41, 5.74) is 0.658. The lowest BCUT2D eigenvalue weighted by molar-refractivity contribution is -0.386. The molecule has 20 heavy (non-hydrogen) atoms. The molecule has 8 heteroatoms. The Morgan fingerprint density at radius 1 is 1.50 bits per heavy atom. The molecule has 0 saturated carbocycles. The number of nitrogens with zero attached hydrogens (tertiary/aromatic N) is 4. The third kappa shape index (κ3) is 3.05. The Bertz CT molecular complexity index is 614. The first kappa shape index (κ1) is 14.3. The lowest BCUT2D eigenvalue weighted by atomic mass is 10.2. The maximum Gasteiger partial charge on any atom is 0.310 e. The Balaban J connectivity index is 2.21. The van der Waals surface area contributed by atoms with Gasteiger partial charge in [0.2, 0.25) is 0 Å².